The minimum absolute atomic E-state index is 0.203. The van der Waals surface area contributed by atoms with Gasteiger partial charge in [0.15, 0.2) is 0 Å². The van der Waals surface area contributed by atoms with E-state index in [1.165, 1.54) is 0 Å². The number of carbonyl (C=O) groups is 1. The second-order valence-corrected chi connectivity index (χ2v) is 4.46. The second kappa shape index (κ2) is 6.28. The van der Waals surface area contributed by atoms with Crippen LogP contribution in [0.15, 0.2) is 24.3 Å². The molecule has 0 heterocycles. The molecule has 1 N–H and O–H groups in total. The maximum Gasteiger partial charge on any atom is 0.313 e. The number of phenolic OH excluding ortho intramolecular Hbond substituents is 1. The van der Waals surface area contributed by atoms with Crippen LogP contribution in [0.2, 0.25) is 0 Å². The van der Waals surface area contributed by atoms with Crippen molar-refractivity contribution in [3.63, 3.8) is 0 Å². The van der Waals surface area contributed by atoms with Gasteiger partial charge < -0.3 is 9.84 Å². The van der Waals surface area contributed by atoms with E-state index in [-0.39, 0.29) is 17.6 Å². The first-order valence-electron chi connectivity index (χ1n) is 6.00. The van der Waals surface area contributed by atoms with Crippen molar-refractivity contribution >= 4 is 5.97 Å². The molecule has 0 fully saturated rings. The molecule has 2 atom stereocenters. The molecule has 0 saturated carbocycles. The van der Waals surface area contributed by atoms with Crippen LogP contribution >= 0.6 is 0 Å². The summed E-state index contributed by atoms with van der Waals surface area (Å²) in [4.78, 5) is 11.8. The number of benzene rings is 1. The zero-order valence-corrected chi connectivity index (χ0v) is 10.6. The molecule has 1 unspecified atom stereocenters. The van der Waals surface area contributed by atoms with Gasteiger partial charge in [0, 0.05) is 0 Å². The van der Waals surface area contributed by atoms with Crippen LogP contribution in [-0.2, 0) is 9.53 Å². The highest BCUT2D eigenvalue weighted by atomic mass is 16.5. The van der Waals surface area contributed by atoms with Gasteiger partial charge in [0.2, 0.25) is 0 Å². The predicted octanol–water partition coefficient (Wildman–Crippen LogP) is 3.09. The Balaban J connectivity index is 2.54. The highest BCUT2D eigenvalue weighted by Gasteiger charge is 2.17. The summed E-state index contributed by atoms with van der Waals surface area (Å²) in [6.45, 7) is 6.41. The van der Waals surface area contributed by atoms with Crippen molar-refractivity contribution in [1.82, 2.24) is 0 Å². The summed E-state index contributed by atoms with van der Waals surface area (Å²) in [5.74, 6) is 0.0931. The Kier molecular flexibility index (Phi) is 5.01. The highest BCUT2D eigenvalue weighted by molar-refractivity contribution is 5.77. The van der Waals surface area contributed by atoms with E-state index in [0.29, 0.717) is 12.5 Å². The van der Waals surface area contributed by atoms with Crippen LogP contribution in [0.4, 0.5) is 0 Å². The molecule has 94 valence electrons. The number of rotatable bonds is 5. The van der Waals surface area contributed by atoms with Gasteiger partial charge in [-0.05, 0) is 30.5 Å². The van der Waals surface area contributed by atoms with E-state index < -0.39 is 0 Å². The monoisotopic (exact) mass is 236 g/mol. The van der Waals surface area contributed by atoms with Gasteiger partial charge in [-0.3, -0.25) is 4.79 Å². The van der Waals surface area contributed by atoms with Gasteiger partial charge in [0.1, 0.15) is 5.75 Å². The van der Waals surface area contributed by atoms with E-state index >= 15 is 0 Å². The first-order valence-corrected chi connectivity index (χ1v) is 6.00. The molecule has 0 bridgehead atoms. The fourth-order valence-corrected chi connectivity index (χ4v) is 1.37. The molecule has 3 heteroatoms. The average molecular weight is 236 g/mol. The van der Waals surface area contributed by atoms with Gasteiger partial charge in [-0.25, -0.2) is 0 Å². The summed E-state index contributed by atoms with van der Waals surface area (Å²) >= 11 is 0. The van der Waals surface area contributed by atoms with E-state index in [4.69, 9.17) is 9.84 Å². The van der Waals surface area contributed by atoms with Crippen molar-refractivity contribution in [3.05, 3.63) is 29.8 Å². The van der Waals surface area contributed by atoms with E-state index in [2.05, 4.69) is 13.8 Å². The summed E-state index contributed by atoms with van der Waals surface area (Å²) in [5, 5.41) is 9.17. The molecule has 1 aromatic carbocycles. The lowest BCUT2D eigenvalue weighted by atomic mass is 10.0. The van der Waals surface area contributed by atoms with Crippen LogP contribution in [0.3, 0.4) is 0 Å². The summed E-state index contributed by atoms with van der Waals surface area (Å²) < 4.78 is 5.24. The molecular weight excluding hydrogens is 216 g/mol. The van der Waals surface area contributed by atoms with Crippen LogP contribution in [-0.4, -0.2) is 17.7 Å². The normalized spacial score (nSPS) is 14.1. The molecular formula is C14H20O3. The van der Waals surface area contributed by atoms with E-state index in [9.17, 15) is 4.79 Å². The molecule has 3 nitrogen and oxygen atoms in total. The molecule has 0 amide bonds. The van der Waals surface area contributed by atoms with Gasteiger partial charge in [0.25, 0.3) is 0 Å². The van der Waals surface area contributed by atoms with Crippen LogP contribution in [0.5, 0.6) is 5.75 Å². The Morgan fingerprint density at radius 2 is 1.88 bits per heavy atom. The van der Waals surface area contributed by atoms with E-state index in [1.54, 1.807) is 24.3 Å². The standard InChI is InChI=1S/C14H20O3/c1-4-10(2)9-17-14(16)11(3)12-5-7-13(15)8-6-12/h5-8,10-11,15H,4,9H2,1-3H3/t10-,11?/m0/s1. The minimum atomic E-state index is -0.292. The van der Waals surface area contributed by atoms with Crippen LogP contribution < -0.4 is 0 Å². The first-order chi connectivity index (χ1) is 8.04. The van der Waals surface area contributed by atoms with Crippen molar-refractivity contribution in [2.45, 2.75) is 33.1 Å². The molecule has 1 aromatic rings. The first kappa shape index (κ1) is 13.6. The molecule has 0 aliphatic carbocycles. The maximum atomic E-state index is 11.8. The zero-order valence-electron chi connectivity index (χ0n) is 10.6. The minimum Gasteiger partial charge on any atom is -0.508 e. The number of ether oxygens (including phenoxy) is 1. The van der Waals surface area contributed by atoms with Gasteiger partial charge in [0.05, 0.1) is 12.5 Å². The molecule has 17 heavy (non-hydrogen) atoms. The van der Waals surface area contributed by atoms with Crippen LogP contribution in [0.25, 0.3) is 0 Å². The SMILES string of the molecule is CC[C@H](C)COC(=O)C(C)c1ccc(O)cc1. The lowest BCUT2D eigenvalue weighted by Gasteiger charge is -2.14. The lowest BCUT2D eigenvalue weighted by Crippen LogP contribution is -2.16. The van der Waals surface area contributed by atoms with E-state index in [0.717, 1.165) is 12.0 Å². The highest BCUT2D eigenvalue weighted by Crippen LogP contribution is 2.20. The molecule has 0 saturated heterocycles. The second-order valence-electron chi connectivity index (χ2n) is 4.46. The smallest absolute Gasteiger partial charge is 0.313 e. The fraction of sp³-hybridized carbons (Fsp3) is 0.500. The van der Waals surface area contributed by atoms with Crippen molar-refractivity contribution in [1.29, 1.82) is 0 Å². The predicted molar refractivity (Wildman–Crippen MR) is 66.9 cm³/mol. The van der Waals surface area contributed by atoms with Gasteiger partial charge >= 0.3 is 5.97 Å². The Morgan fingerprint density at radius 1 is 1.29 bits per heavy atom. The molecule has 0 aliphatic heterocycles. The average Bonchev–Trinajstić information content (AvgIpc) is 2.35. The molecule has 0 aromatic heterocycles. The quantitative estimate of drug-likeness (QED) is 0.799. The Bertz CT molecular complexity index is 356. The molecule has 0 radical (unpaired) electrons. The van der Waals surface area contributed by atoms with Gasteiger partial charge in [-0.1, -0.05) is 32.4 Å². The van der Waals surface area contributed by atoms with Gasteiger partial charge in [-0.2, -0.15) is 0 Å². The summed E-state index contributed by atoms with van der Waals surface area (Å²) in [6, 6.07) is 6.64. The van der Waals surface area contributed by atoms with Crippen LogP contribution in [0, 0.1) is 5.92 Å². The zero-order chi connectivity index (χ0) is 12.8. The Morgan fingerprint density at radius 3 is 2.41 bits per heavy atom. The summed E-state index contributed by atoms with van der Waals surface area (Å²) in [6.07, 6.45) is 1.00. The Hall–Kier alpha value is -1.51. The van der Waals surface area contributed by atoms with Crippen LogP contribution in [0.1, 0.15) is 38.7 Å². The third-order valence-corrected chi connectivity index (χ3v) is 2.95. The summed E-state index contributed by atoms with van der Waals surface area (Å²) in [5.41, 5.74) is 0.858. The van der Waals surface area contributed by atoms with E-state index in [1.807, 2.05) is 6.92 Å². The third kappa shape index (κ3) is 4.10. The topological polar surface area (TPSA) is 46.5 Å². The largest absolute Gasteiger partial charge is 0.508 e. The number of hydrogen-bond donors (Lipinski definition) is 1. The van der Waals surface area contributed by atoms with Crippen molar-refractivity contribution in [2.24, 2.45) is 5.92 Å². The molecule has 0 spiro atoms. The lowest BCUT2D eigenvalue weighted by molar-refractivity contribution is -0.146. The number of phenols is 1. The Labute approximate surface area is 102 Å². The number of hydrogen-bond acceptors (Lipinski definition) is 3. The maximum absolute atomic E-state index is 11.8. The number of esters is 1. The molecule has 1 rings (SSSR count). The van der Waals surface area contributed by atoms with Crippen molar-refractivity contribution < 1.29 is 14.6 Å². The molecule has 0 aliphatic rings. The third-order valence-electron chi connectivity index (χ3n) is 2.95. The van der Waals surface area contributed by atoms with Crippen molar-refractivity contribution in [2.75, 3.05) is 6.61 Å². The number of carbonyl (C=O) groups excluding carboxylic acids is 1. The number of aromatic hydroxyl groups is 1. The summed E-state index contributed by atoms with van der Waals surface area (Å²) in [7, 11) is 0. The van der Waals surface area contributed by atoms with Gasteiger partial charge in [-0.15, -0.1) is 0 Å². The van der Waals surface area contributed by atoms with Crippen molar-refractivity contribution in [3.8, 4) is 5.75 Å². The fourth-order valence-electron chi connectivity index (χ4n) is 1.37.